The van der Waals surface area contributed by atoms with Gasteiger partial charge in [-0.15, -0.1) is 0 Å². The zero-order valence-electron chi connectivity index (χ0n) is 16.5. The van der Waals surface area contributed by atoms with Gasteiger partial charge in [-0.1, -0.05) is 0 Å². The van der Waals surface area contributed by atoms with Crippen molar-refractivity contribution in [2.24, 2.45) is 0 Å². The summed E-state index contributed by atoms with van der Waals surface area (Å²) in [5.41, 5.74) is 4.92. The number of hydrogen-bond donors (Lipinski definition) is 2. The lowest BCUT2D eigenvalue weighted by Crippen LogP contribution is -2.60. The normalized spacial score (nSPS) is 14.5. The van der Waals surface area contributed by atoms with Gasteiger partial charge in [-0.2, -0.15) is 4.98 Å². The van der Waals surface area contributed by atoms with Crippen LogP contribution >= 0.6 is 0 Å². The zero-order chi connectivity index (χ0) is 22.2. The van der Waals surface area contributed by atoms with Gasteiger partial charge in [-0.05, 0) is 26.0 Å². The van der Waals surface area contributed by atoms with E-state index in [1.165, 1.54) is 21.0 Å². The Balaban J connectivity index is 2.06. The van der Waals surface area contributed by atoms with Gasteiger partial charge in [0.25, 0.3) is 0 Å². The summed E-state index contributed by atoms with van der Waals surface area (Å²) in [6.45, 7) is 3.85. The minimum absolute atomic E-state index is 0.188. The van der Waals surface area contributed by atoms with Gasteiger partial charge in [0.1, 0.15) is 17.1 Å². The van der Waals surface area contributed by atoms with Gasteiger partial charge in [0, 0.05) is 19.3 Å². The van der Waals surface area contributed by atoms with Gasteiger partial charge in [0.05, 0.1) is 24.0 Å². The first-order valence-electron chi connectivity index (χ1n) is 9.02. The molecule has 0 radical (unpaired) electrons. The number of carbonyl (C=O) groups is 1. The molecule has 0 aliphatic carbocycles. The lowest BCUT2D eigenvalue weighted by molar-refractivity contribution is 0.103. The Kier molecular flexibility index (Phi) is 5.90. The largest absolute Gasteiger partial charge is 0.496 e. The number of nitrogen functional groups attached to an aromatic ring is 1. The molecule has 0 spiro atoms. The number of rotatable bonds is 7. The highest BCUT2D eigenvalue weighted by Crippen LogP contribution is 2.29. The standard InChI is InChI=1S/C18H21F2N5O4S/c1-9(2)30(27,28)25(10-6-22-7-10)18-23-8-11(17(21)24-18)16(26)14-13(29-3)5-4-12(19)15(14)20/h4-5,8-10,22H,6-7H2,1-3H3,(H2,21,23,24). The van der Waals surface area contributed by atoms with E-state index in [0.717, 1.165) is 22.6 Å². The Hall–Kier alpha value is -2.86. The van der Waals surface area contributed by atoms with Crippen molar-refractivity contribution in [3.8, 4) is 5.75 Å². The molecule has 1 aliphatic rings. The number of nitrogens with zero attached hydrogens (tertiary/aromatic N) is 3. The number of anilines is 2. The summed E-state index contributed by atoms with van der Waals surface area (Å²) in [7, 11) is -2.58. The summed E-state index contributed by atoms with van der Waals surface area (Å²) in [5.74, 6) is -4.37. The molecular formula is C18H21F2N5O4S. The highest BCUT2D eigenvalue weighted by atomic mass is 32.2. The summed E-state index contributed by atoms with van der Waals surface area (Å²) in [5, 5.41) is 2.23. The van der Waals surface area contributed by atoms with Crippen LogP contribution in [0.5, 0.6) is 5.75 Å². The predicted molar refractivity (Wildman–Crippen MR) is 106 cm³/mol. The fraction of sp³-hybridized carbons (Fsp3) is 0.389. The number of aromatic nitrogens is 2. The zero-order valence-corrected chi connectivity index (χ0v) is 17.3. The van der Waals surface area contributed by atoms with Crippen LogP contribution in [-0.2, 0) is 10.0 Å². The van der Waals surface area contributed by atoms with E-state index in [1.54, 1.807) is 0 Å². The molecule has 162 valence electrons. The fourth-order valence-corrected chi connectivity index (χ4v) is 4.20. The fourth-order valence-electron chi connectivity index (χ4n) is 2.87. The van der Waals surface area contributed by atoms with E-state index in [4.69, 9.17) is 10.5 Å². The van der Waals surface area contributed by atoms with Crippen LogP contribution in [0.25, 0.3) is 0 Å². The van der Waals surface area contributed by atoms with Crippen molar-refractivity contribution >= 4 is 27.6 Å². The van der Waals surface area contributed by atoms with Crippen molar-refractivity contribution in [1.29, 1.82) is 0 Å². The number of halogens is 2. The Bertz CT molecular complexity index is 1090. The second kappa shape index (κ2) is 8.11. The van der Waals surface area contributed by atoms with Crippen LogP contribution in [0.2, 0.25) is 0 Å². The van der Waals surface area contributed by atoms with E-state index >= 15 is 0 Å². The number of nitrogens with one attached hydrogen (secondary N) is 1. The number of benzene rings is 1. The van der Waals surface area contributed by atoms with E-state index in [0.29, 0.717) is 13.1 Å². The van der Waals surface area contributed by atoms with Crippen LogP contribution in [0.1, 0.15) is 29.8 Å². The van der Waals surface area contributed by atoms with Gasteiger partial charge in [-0.3, -0.25) is 4.79 Å². The van der Waals surface area contributed by atoms with Crippen LogP contribution in [-0.4, -0.2) is 55.7 Å². The maximum Gasteiger partial charge on any atom is 0.241 e. The first-order chi connectivity index (χ1) is 14.1. The summed E-state index contributed by atoms with van der Waals surface area (Å²) in [6.07, 6.45) is 0.999. The van der Waals surface area contributed by atoms with Crippen molar-refractivity contribution in [3.05, 3.63) is 41.1 Å². The Labute approximate surface area is 172 Å². The number of nitrogens with two attached hydrogens (primary N) is 1. The van der Waals surface area contributed by atoms with E-state index in [2.05, 4.69) is 15.3 Å². The van der Waals surface area contributed by atoms with Crippen LogP contribution in [0.15, 0.2) is 18.3 Å². The molecule has 30 heavy (non-hydrogen) atoms. The summed E-state index contributed by atoms with van der Waals surface area (Å²) < 4.78 is 59.5. The molecule has 0 atom stereocenters. The number of carbonyl (C=O) groups excluding carboxylic acids is 1. The predicted octanol–water partition coefficient (Wildman–Crippen LogP) is 1.09. The number of ketones is 1. The average molecular weight is 441 g/mol. The molecule has 1 saturated heterocycles. The van der Waals surface area contributed by atoms with Crippen molar-refractivity contribution in [2.75, 3.05) is 30.2 Å². The molecular weight excluding hydrogens is 420 g/mol. The van der Waals surface area contributed by atoms with Crippen molar-refractivity contribution in [1.82, 2.24) is 15.3 Å². The molecule has 1 aliphatic heterocycles. The Morgan fingerprint density at radius 2 is 2.00 bits per heavy atom. The van der Waals surface area contributed by atoms with E-state index in [9.17, 15) is 22.0 Å². The van der Waals surface area contributed by atoms with Crippen molar-refractivity contribution in [2.45, 2.75) is 25.1 Å². The Morgan fingerprint density at radius 3 is 2.50 bits per heavy atom. The molecule has 3 rings (SSSR count). The van der Waals surface area contributed by atoms with Gasteiger partial charge < -0.3 is 15.8 Å². The smallest absolute Gasteiger partial charge is 0.241 e. The second-order valence-electron chi connectivity index (χ2n) is 6.94. The van der Waals surface area contributed by atoms with Crippen molar-refractivity contribution in [3.63, 3.8) is 0 Å². The first kappa shape index (κ1) is 21.8. The van der Waals surface area contributed by atoms with Gasteiger partial charge in [0.2, 0.25) is 21.8 Å². The van der Waals surface area contributed by atoms with Crippen LogP contribution in [0.3, 0.4) is 0 Å². The molecule has 0 bridgehead atoms. The minimum atomic E-state index is -3.78. The van der Waals surface area contributed by atoms with E-state index < -0.39 is 44.3 Å². The third-order valence-corrected chi connectivity index (χ3v) is 6.91. The van der Waals surface area contributed by atoms with Crippen LogP contribution < -0.4 is 20.1 Å². The average Bonchev–Trinajstić information content (AvgIpc) is 2.65. The molecule has 1 aromatic carbocycles. The number of sulfonamides is 1. The lowest BCUT2D eigenvalue weighted by Gasteiger charge is -2.38. The molecule has 0 unspecified atom stereocenters. The minimum Gasteiger partial charge on any atom is -0.496 e. The molecule has 0 saturated carbocycles. The van der Waals surface area contributed by atoms with E-state index in [-0.39, 0.29) is 23.1 Å². The van der Waals surface area contributed by atoms with Gasteiger partial charge in [0.15, 0.2) is 11.6 Å². The highest BCUT2D eigenvalue weighted by Gasteiger charge is 2.38. The molecule has 2 aromatic rings. The number of methoxy groups -OCH3 is 1. The van der Waals surface area contributed by atoms with Crippen molar-refractivity contribution < 1.29 is 26.7 Å². The summed E-state index contributed by atoms with van der Waals surface area (Å²) in [6, 6.07) is 1.53. The third-order valence-electron chi connectivity index (χ3n) is 4.71. The van der Waals surface area contributed by atoms with Gasteiger partial charge in [-0.25, -0.2) is 26.5 Å². The SMILES string of the molecule is COc1ccc(F)c(F)c1C(=O)c1cnc(N(C2CNC2)S(=O)(=O)C(C)C)nc1N. The molecule has 1 fully saturated rings. The third kappa shape index (κ3) is 3.67. The number of hydrogen-bond acceptors (Lipinski definition) is 8. The lowest BCUT2D eigenvalue weighted by atomic mass is 10.0. The number of ether oxygens (including phenoxy) is 1. The molecule has 3 N–H and O–H groups in total. The van der Waals surface area contributed by atoms with E-state index in [1.807, 2.05) is 0 Å². The topological polar surface area (TPSA) is 128 Å². The maximum absolute atomic E-state index is 14.3. The van der Waals surface area contributed by atoms with Crippen LogP contribution in [0.4, 0.5) is 20.5 Å². The maximum atomic E-state index is 14.3. The first-order valence-corrected chi connectivity index (χ1v) is 10.5. The van der Waals surface area contributed by atoms with Crippen LogP contribution in [0, 0.1) is 11.6 Å². The highest BCUT2D eigenvalue weighted by molar-refractivity contribution is 7.93. The summed E-state index contributed by atoms with van der Waals surface area (Å²) in [4.78, 5) is 20.8. The quantitative estimate of drug-likeness (QED) is 0.612. The Morgan fingerprint density at radius 1 is 1.33 bits per heavy atom. The molecule has 12 heteroatoms. The second-order valence-corrected chi connectivity index (χ2v) is 9.30. The molecule has 0 amide bonds. The van der Waals surface area contributed by atoms with Gasteiger partial charge >= 0.3 is 0 Å². The molecule has 1 aromatic heterocycles. The monoisotopic (exact) mass is 441 g/mol. The molecule has 2 heterocycles. The molecule has 9 nitrogen and oxygen atoms in total. The summed E-state index contributed by atoms with van der Waals surface area (Å²) >= 11 is 0.